The molecule has 0 fully saturated rings. The van der Waals surface area contributed by atoms with Crippen LogP contribution in [0.4, 0.5) is 5.82 Å². The number of nitrogens with two attached hydrogens (primary N) is 1. The summed E-state index contributed by atoms with van der Waals surface area (Å²) in [5.74, 6) is 0.0711. The highest BCUT2D eigenvalue weighted by Gasteiger charge is 2.25. The molecule has 2 N–H and O–H groups in total. The van der Waals surface area contributed by atoms with Gasteiger partial charge in [0.2, 0.25) is 5.71 Å². The zero-order valence-corrected chi connectivity index (χ0v) is 11.4. The minimum atomic E-state index is -0.503. The lowest BCUT2D eigenvalue weighted by Crippen LogP contribution is -2.06. The van der Waals surface area contributed by atoms with E-state index < -0.39 is 5.97 Å². The zero-order valence-electron chi connectivity index (χ0n) is 11.4. The monoisotopic (exact) mass is 283 g/mol. The number of nitrogens with zero attached hydrogens (tertiary/aromatic N) is 2. The average Bonchev–Trinajstić information content (AvgIpc) is 2.89. The molecule has 0 saturated carbocycles. The van der Waals surface area contributed by atoms with Crippen molar-refractivity contribution in [1.82, 2.24) is 9.97 Å². The van der Waals surface area contributed by atoms with Crippen molar-refractivity contribution in [3.05, 3.63) is 42.2 Å². The van der Waals surface area contributed by atoms with E-state index in [0.717, 1.165) is 5.56 Å². The first-order valence-electron chi connectivity index (χ1n) is 6.48. The van der Waals surface area contributed by atoms with Gasteiger partial charge in [-0.15, -0.1) is 0 Å². The van der Waals surface area contributed by atoms with Crippen LogP contribution in [0.3, 0.4) is 0 Å². The Hall–Kier alpha value is -2.89. The molecular weight excluding hydrogens is 270 g/mol. The van der Waals surface area contributed by atoms with E-state index in [2.05, 4.69) is 9.97 Å². The maximum Gasteiger partial charge on any atom is 0.342 e. The second kappa shape index (κ2) is 5.24. The van der Waals surface area contributed by atoms with Gasteiger partial charge >= 0.3 is 5.97 Å². The number of aromatic nitrogens is 2. The van der Waals surface area contributed by atoms with Crippen LogP contribution in [0.5, 0.6) is 0 Å². The molecule has 0 aliphatic rings. The summed E-state index contributed by atoms with van der Waals surface area (Å²) in [4.78, 5) is 20.2. The van der Waals surface area contributed by atoms with E-state index in [1.165, 1.54) is 6.33 Å². The van der Waals surface area contributed by atoms with Crippen LogP contribution in [0.1, 0.15) is 17.3 Å². The Morgan fingerprint density at radius 2 is 2.05 bits per heavy atom. The molecule has 0 atom stereocenters. The van der Waals surface area contributed by atoms with Crippen molar-refractivity contribution < 1.29 is 13.9 Å². The summed E-state index contributed by atoms with van der Waals surface area (Å²) in [5, 5.41) is 0.384. The topological polar surface area (TPSA) is 91.2 Å². The molecule has 21 heavy (non-hydrogen) atoms. The third-order valence-corrected chi connectivity index (χ3v) is 3.03. The summed E-state index contributed by atoms with van der Waals surface area (Å²) >= 11 is 0. The molecule has 0 unspecified atom stereocenters. The minimum absolute atomic E-state index is 0.189. The Morgan fingerprint density at radius 3 is 2.76 bits per heavy atom. The SMILES string of the molecule is CCOC(=O)c1c(-c2ccccc2)oc2ncnc(N)c12. The molecule has 0 radical (unpaired) electrons. The summed E-state index contributed by atoms with van der Waals surface area (Å²) < 4.78 is 10.8. The standard InChI is InChI=1S/C15H13N3O3/c1-2-20-15(19)10-11-13(16)17-8-18-14(11)21-12(10)9-6-4-3-5-7-9/h3-8H,2H2,1H3,(H2,16,17,18). The van der Waals surface area contributed by atoms with E-state index in [1.807, 2.05) is 30.3 Å². The number of carbonyl (C=O) groups excluding carboxylic acids is 1. The van der Waals surface area contributed by atoms with Gasteiger partial charge in [0.15, 0.2) is 5.76 Å². The molecule has 106 valence electrons. The van der Waals surface area contributed by atoms with Crippen LogP contribution in [0, 0.1) is 0 Å². The predicted octanol–water partition coefficient (Wildman–Crippen LogP) is 2.65. The summed E-state index contributed by atoms with van der Waals surface area (Å²) in [7, 11) is 0. The fourth-order valence-electron chi connectivity index (χ4n) is 2.15. The Morgan fingerprint density at radius 1 is 1.29 bits per heavy atom. The quantitative estimate of drug-likeness (QED) is 0.743. The van der Waals surface area contributed by atoms with Crippen LogP contribution in [-0.4, -0.2) is 22.5 Å². The molecule has 0 aliphatic carbocycles. The number of furan rings is 1. The maximum atomic E-state index is 12.3. The molecule has 3 rings (SSSR count). The van der Waals surface area contributed by atoms with Gasteiger partial charge in [-0.1, -0.05) is 30.3 Å². The van der Waals surface area contributed by atoms with Crippen LogP contribution >= 0.6 is 0 Å². The van der Waals surface area contributed by atoms with Crippen LogP contribution in [0.2, 0.25) is 0 Å². The first-order valence-corrected chi connectivity index (χ1v) is 6.48. The van der Waals surface area contributed by atoms with Crippen molar-refractivity contribution in [3.8, 4) is 11.3 Å². The number of nitrogen functional groups attached to an aromatic ring is 1. The van der Waals surface area contributed by atoms with Crippen LogP contribution in [0.15, 0.2) is 41.1 Å². The largest absolute Gasteiger partial charge is 0.462 e. The van der Waals surface area contributed by atoms with Gasteiger partial charge in [0, 0.05) is 5.56 Å². The first kappa shape index (κ1) is 13.1. The highest BCUT2D eigenvalue weighted by Crippen LogP contribution is 2.35. The molecule has 1 aromatic carbocycles. The summed E-state index contributed by atoms with van der Waals surface area (Å²) in [5.41, 5.74) is 7.14. The number of hydrogen-bond acceptors (Lipinski definition) is 6. The predicted molar refractivity (Wildman–Crippen MR) is 77.6 cm³/mol. The third-order valence-electron chi connectivity index (χ3n) is 3.03. The smallest absolute Gasteiger partial charge is 0.342 e. The van der Waals surface area contributed by atoms with Gasteiger partial charge in [0.25, 0.3) is 0 Å². The number of fused-ring (bicyclic) bond motifs is 1. The van der Waals surface area contributed by atoms with Crippen LogP contribution < -0.4 is 5.73 Å². The molecule has 2 aromatic heterocycles. The molecular formula is C15H13N3O3. The highest BCUT2D eigenvalue weighted by atomic mass is 16.5. The number of rotatable bonds is 3. The lowest BCUT2D eigenvalue weighted by atomic mass is 10.1. The molecule has 2 heterocycles. The van der Waals surface area contributed by atoms with E-state index in [1.54, 1.807) is 6.92 Å². The Kier molecular flexibility index (Phi) is 3.27. The first-order chi connectivity index (χ1) is 10.2. The van der Waals surface area contributed by atoms with Crippen molar-refractivity contribution in [1.29, 1.82) is 0 Å². The highest BCUT2D eigenvalue weighted by molar-refractivity contribution is 6.11. The number of benzene rings is 1. The lowest BCUT2D eigenvalue weighted by molar-refractivity contribution is 0.0529. The number of esters is 1. The van der Waals surface area contributed by atoms with Crippen molar-refractivity contribution in [3.63, 3.8) is 0 Å². The van der Waals surface area contributed by atoms with Crippen molar-refractivity contribution in [2.24, 2.45) is 0 Å². The van der Waals surface area contributed by atoms with Gasteiger partial charge < -0.3 is 14.9 Å². The molecule has 0 amide bonds. The molecule has 6 nitrogen and oxygen atoms in total. The molecule has 0 bridgehead atoms. The van der Waals surface area contributed by atoms with Gasteiger partial charge in [0.1, 0.15) is 17.7 Å². The minimum Gasteiger partial charge on any atom is -0.462 e. The second-order valence-electron chi connectivity index (χ2n) is 4.33. The molecule has 6 heteroatoms. The number of hydrogen-bond donors (Lipinski definition) is 1. The van der Waals surface area contributed by atoms with Gasteiger partial charge in [-0.3, -0.25) is 0 Å². The average molecular weight is 283 g/mol. The molecule has 3 aromatic rings. The zero-order chi connectivity index (χ0) is 14.8. The maximum absolute atomic E-state index is 12.3. The lowest BCUT2D eigenvalue weighted by Gasteiger charge is -2.03. The van der Waals surface area contributed by atoms with Crippen LogP contribution in [0.25, 0.3) is 22.4 Å². The summed E-state index contributed by atoms with van der Waals surface area (Å²) in [6.45, 7) is 2.00. The number of anilines is 1. The summed E-state index contributed by atoms with van der Waals surface area (Å²) in [6, 6.07) is 9.26. The molecule has 0 spiro atoms. The van der Waals surface area contributed by atoms with E-state index >= 15 is 0 Å². The Labute approximate surface area is 120 Å². The van der Waals surface area contributed by atoms with Gasteiger partial charge in [-0.2, -0.15) is 0 Å². The van der Waals surface area contributed by atoms with Crippen molar-refractivity contribution >= 4 is 22.9 Å². The fourth-order valence-corrected chi connectivity index (χ4v) is 2.15. The van der Waals surface area contributed by atoms with E-state index in [9.17, 15) is 4.79 Å². The number of ether oxygens (including phenoxy) is 1. The van der Waals surface area contributed by atoms with Crippen molar-refractivity contribution in [2.75, 3.05) is 12.3 Å². The molecule has 0 aliphatic heterocycles. The van der Waals surface area contributed by atoms with Gasteiger partial charge in [-0.05, 0) is 6.92 Å². The molecule has 0 saturated heterocycles. The van der Waals surface area contributed by atoms with Crippen molar-refractivity contribution in [2.45, 2.75) is 6.92 Å². The third kappa shape index (κ3) is 2.20. The number of carbonyl (C=O) groups is 1. The van der Waals surface area contributed by atoms with E-state index in [0.29, 0.717) is 11.1 Å². The summed E-state index contributed by atoms with van der Waals surface area (Å²) in [6.07, 6.45) is 1.30. The Bertz CT molecular complexity index is 797. The van der Waals surface area contributed by atoms with Crippen LogP contribution in [-0.2, 0) is 4.74 Å². The Balaban J connectivity index is 2.31. The fraction of sp³-hybridized carbons (Fsp3) is 0.133. The second-order valence-corrected chi connectivity index (χ2v) is 4.33. The van der Waals surface area contributed by atoms with Gasteiger partial charge in [0.05, 0.1) is 12.0 Å². The van der Waals surface area contributed by atoms with E-state index in [4.69, 9.17) is 14.9 Å². The van der Waals surface area contributed by atoms with E-state index in [-0.39, 0.29) is 23.7 Å². The normalized spacial score (nSPS) is 10.7. The van der Waals surface area contributed by atoms with Gasteiger partial charge in [-0.25, -0.2) is 14.8 Å².